The van der Waals surface area contributed by atoms with Gasteiger partial charge in [-0.05, 0) is 39.0 Å². The first kappa shape index (κ1) is 12.0. The molecule has 84 valence electrons. The molecule has 0 bridgehead atoms. The Kier molecular flexibility index (Phi) is 4.35. The first-order chi connectivity index (χ1) is 6.61. The predicted molar refractivity (Wildman–Crippen MR) is 57.2 cm³/mol. The zero-order chi connectivity index (χ0) is 10.6. The summed E-state index contributed by atoms with van der Waals surface area (Å²) in [5, 5.41) is 22.1. The van der Waals surface area contributed by atoms with Gasteiger partial charge in [0.15, 0.2) is 0 Å². The molecule has 0 aliphatic heterocycles. The van der Waals surface area contributed by atoms with Crippen LogP contribution in [0.2, 0.25) is 0 Å². The van der Waals surface area contributed by atoms with Gasteiger partial charge >= 0.3 is 0 Å². The number of hydrogen-bond acceptors (Lipinski definition) is 3. The summed E-state index contributed by atoms with van der Waals surface area (Å²) >= 11 is 0. The van der Waals surface area contributed by atoms with Crippen molar-refractivity contribution in [2.24, 2.45) is 0 Å². The Balaban J connectivity index is 2.46. The van der Waals surface area contributed by atoms with Crippen molar-refractivity contribution in [1.82, 2.24) is 5.32 Å². The van der Waals surface area contributed by atoms with Crippen molar-refractivity contribution in [2.75, 3.05) is 6.61 Å². The lowest BCUT2D eigenvalue weighted by Crippen LogP contribution is -2.51. The van der Waals surface area contributed by atoms with Crippen LogP contribution < -0.4 is 5.32 Å². The number of aliphatic hydroxyl groups excluding tert-OH is 2. The van der Waals surface area contributed by atoms with Crippen LogP contribution in [-0.4, -0.2) is 34.5 Å². The van der Waals surface area contributed by atoms with Crippen LogP contribution in [0.3, 0.4) is 0 Å². The number of hydrogen-bond donors (Lipinski definition) is 3. The van der Waals surface area contributed by atoms with Gasteiger partial charge in [-0.25, -0.2) is 0 Å². The fraction of sp³-hybridized carbons (Fsp3) is 1.00. The molecule has 0 aromatic carbocycles. The summed E-state index contributed by atoms with van der Waals surface area (Å²) in [5.74, 6) is 0. The van der Waals surface area contributed by atoms with Crippen molar-refractivity contribution < 1.29 is 10.2 Å². The Hall–Kier alpha value is -0.120. The highest BCUT2D eigenvalue weighted by molar-refractivity contribution is 4.91. The lowest BCUT2D eigenvalue weighted by Gasteiger charge is -2.33. The molecule has 3 N–H and O–H groups in total. The third-order valence-electron chi connectivity index (χ3n) is 3.46. The standard InChI is InChI=1S/C11H23NO2/c1-3-11(2,7-8-13)12-9-5-4-6-10(9)14/h9-10,12-14H,3-8H2,1-2H3. The Morgan fingerprint density at radius 1 is 1.43 bits per heavy atom. The van der Waals surface area contributed by atoms with E-state index >= 15 is 0 Å². The van der Waals surface area contributed by atoms with Crippen LogP contribution in [0.15, 0.2) is 0 Å². The molecule has 0 saturated heterocycles. The Morgan fingerprint density at radius 2 is 2.14 bits per heavy atom. The summed E-state index contributed by atoms with van der Waals surface area (Å²) in [7, 11) is 0. The summed E-state index contributed by atoms with van der Waals surface area (Å²) in [4.78, 5) is 0. The summed E-state index contributed by atoms with van der Waals surface area (Å²) in [6, 6.07) is 0.228. The van der Waals surface area contributed by atoms with Crippen LogP contribution >= 0.6 is 0 Å². The maximum Gasteiger partial charge on any atom is 0.0693 e. The fourth-order valence-electron chi connectivity index (χ4n) is 2.15. The molecule has 3 nitrogen and oxygen atoms in total. The molecular weight excluding hydrogens is 178 g/mol. The summed E-state index contributed by atoms with van der Waals surface area (Å²) < 4.78 is 0. The summed E-state index contributed by atoms with van der Waals surface area (Å²) in [5.41, 5.74) is -0.0231. The van der Waals surface area contributed by atoms with Gasteiger partial charge in [0.05, 0.1) is 6.10 Å². The molecule has 14 heavy (non-hydrogen) atoms. The third-order valence-corrected chi connectivity index (χ3v) is 3.46. The van der Waals surface area contributed by atoms with Crippen LogP contribution in [0.4, 0.5) is 0 Å². The van der Waals surface area contributed by atoms with Gasteiger partial charge in [0.25, 0.3) is 0 Å². The van der Waals surface area contributed by atoms with E-state index in [0.29, 0.717) is 0 Å². The molecule has 0 spiro atoms. The molecule has 0 heterocycles. The normalized spacial score (nSPS) is 31.7. The quantitative estimate of drug-likeness (QED) is 0.623. The first-order valence-electron chi connectivity index (χ1n) is 5.68. The third kappa shape index (κ3) is 2.94. The van der Waals surface area contributed by atoms with E-state index in [9.17, 15) is 5.11 Å². The highest BCUT2D eigenvalue weighted by Gasteiger charge is 2.31. The molecule has 0 amide bonds. The van der Waals surface area contributed by atoms with Crippen molar-refractivity contribution >= 4 is 0 Å². The topological polar surface area (TPSA) is 52.5 Å². The molecule has 1 aliphatic carbocycles. The molecule has 0 radical (unpaired) electrons. The molecule has 1 fully saturated rings. The molecule has 1 saturated carbocycles. The zero-order valence-corrected chi connectivity index (χ0v) is 9.29. The lowest BCUT2D eigenvalue weighted by atomic mass is 9.93. The average molecular weight is 201 g/mol. The van der Waals surface area contributed by atoms with Gasteiger partial charge < -0.3 is 15.5 Å². The fourth-order valence-corrected chi connectivity index (χ4v) is 2.15. The van der Waals surface area contributed by atoms with Gasteiger partial charge in [-0.15, -0.1) is 0 Å². The molecule has 0 aromatic rings. The molecule has 3 unspecified atom stereocenters. The SMILES string of the molecule is CCC(C)(CCO)NC1CCCC1O. The second-order valence-corrected chi connectivity index (χ2v) is 4.64. The van der Waals surface area contributed by atoms with Crippen molar-refractivity contribution in [3.8, 4) is 0 Å². The Morgan fingerprint density at radius 3 is 2.57 bits per heavy atom. The van der Waals surface area contributed by atoms with E-state index in [2.05, 4.69) is 19.2 Å². The van der Waals surface area contributed by atoms with Crippen LogP contribution in [0, 0.1) is 0 Å². The van der Waals surface area contributed by atoms with Gasteiger partial charge in [0.1, 0.15) is 0 Å². The highest BCUT2D eigenvalue weighted by Crippen LogP contribution is 2.23. The molecule has 3 atom stereocenters. The maximum absolute atomic E-state index is 9.69. The number of nitrogens with one attached hydrogen (secondary N) is 1. The van der Waals surface area contributed by atoms with Crippen molar-refractivity contribution in [3.63, 3.8) is 0 Å². The van der Waals surface area contributed by atoms with Crippen molar-refractivity contribution in [3.05, 3.63) is 0 Å². The van der Waals surface area contributed by atoms with Gasteiger partial charge in [0, 0.05) is 18.2 Å². The zero-order valence-electron chi connectivity index (χ0n) is 9.29. The number of rotatable bonds is 5. The second-order valence-electron chi connectivity index (χ2n) is 4.64. The maximum atomic E-state index is 9.69. The van der Waals surface area contributed by atoms with E-state index in [-0.39, 0.29) is 24.3 Å². The van der Waals surface area contributed by atoms with Crippen molar-refractivity contribution in [1.29, 1.82) is 0 Å². The van der Waals surface area contributed by atoms with Crippen LogP contribution in [0.1, 0.15) is 46.0 Å². The molecule has 1 rings (SSSR count). The minimum absolute atomic E-state index is 0.0231. The lowest BCUT2D eigenvalue weighted by molar-refractivity contribution is 0.117. The first-order valence-corrected chi connectivity index (χ1v) is 5.68. The molecule has 0 aromatic heterocycles. The van der Waals surface area contributed by atoms with E-state index in [1.807, 2.05) is 0 Å². The number of aliphatic hydroxyl groups is 2. The summed E-state index contributed by atoms with van der Waals surface area (Å²) in [6.07, 6.45) is 4.62. The minimum Gasteiger partial charge on any atom is -0.396 e. The monoisotopic (exact) mass is 201 g/mol. The van der Waals surface area contributed by atoms with E-state index in [1.165, 1.54) is 0 Å². The van der Waals surface area contributed by atoms with E-state index in [1.54, 1.807) is 0 Å². The van der Waals surface area contributed by atoms with Crippen LogP contribution in [-0.2, 0) is 0 Å². The predicted octanol–water partition coefficient (Wildman–Crippen LogP) is 1.04. The second kappa shape index (κ2) is 5.10. The van der Waals surface area contributed by atoms with E-state index in [0.717, 1.165) is 32.1 Å². The smallest absolute Gasteiger partial charge is 0.0693 e. The van der Waals surface area contributed by atoms with Crippen LogP contribution in [0.5, 0.6) is 0 Å². The molecule has 3 heteroatoms. The van der Waals surface area contributed by atoms with Gasteiger partial charge in [0.2, 0.25) is 0 Å². The largest absolute Gasteiger partial charge is 0.396 e. The van der Waals surface area contributed by atoms with Gasteiger partial charge in [-0.3, -0.25) is 0 Å². The Bertz CT molecular complexity index is 175. The van der Waals surface area contributed by atoms with E-state index < -0.39 is 0 Å². The highest BCUT2D eigenvalue weighted by atomic mass is 16.3. The van der Waals surface area contributed by atoms with Crippen LogP contribution in [0.25, 0.3) is 0 Å². The minimum atomic E-state index is -0.195. The van der Waals surface area contributed by atoms with Gasteiger partial charge in [-0.2, -0.15) is 0 Å². The van der Waals surface area contributed by atoms with Crippen molar-refractivity contribution in [2.45, 2.75) is 63.6 Å². The summed E-state index contributed by atoms with van der Waals surface area (Å²) in [6.45, 7) is 4.44. The van der Waals surface area contributed by atoms with Gasteiger partial charge in [-0.1, -0.05) is 6.92 Å². The Labute approximate surface area is 86.5 Å². The molecule has 1 aliphatic rings. The average Bonchev–Trinajstić information content (AvgIpc) is 2.52. The molecular formula is C11H23NO2. The van der Waals surface area contributed by atoms with E-state index in [4.69, 9.17) is 5.11 Å².